The van der Waals surface area contributed by atoms with E-state index in [4.69, 9.17) is 4.74 Å². The quantitative estimate of drug-likeness (QED) is 0.434. The number of rotatable bonds is 8. The molecular weight excluding hydrogens is 408 g/mol. The Morgan fingerprint density at radius 2 is 1.87 bits per heavy atom. The number of aryl methyl sites for hydroxylation is 2. The lowest BCUT2D eigenvalue weighted by atomic mass is 10.1. The fourth-order valence-electron chi connectivity index (χ4n) is 3.09. The second-order valence-corrected chi connectivity index (χ2v) is 8.56. The molecule has 0 radical (unpaired) electrons. The predicted octanol–water partition coefficient (Wildman–Crippen LogP) is 2.94. The largest absolute Gasteiger partial charge is 0.495 e. The van der Waals surface area contributed by atoms with Gasteiger partial charge in [-0.25, -0.2) is 13.1 Å². The molecule has 0 aliphatic heterocycles. The second-order valence-electron chi connectivity index (χ2n) is 6.82. The lowest BCUT2D eigenvalue weighted by Crippen LogP contribution is -2.24. The van der Waals surface area contributed by atoms with Gasteiger partial charge in [0.05, 0.1) is 30.3 Å². The highest BCUT2D eigenvalue weighted by molar-refractivity contribution is 7.89. The lowest BCUT2D eigenvalue weighted by molar-refractivity contribution is -0.385. The third kappa shape index (κ3) is 4.84. The van der Waals surface area contributed by atoms with Crippen LogP contribution in [-0.2, 0) is 23.1 Å². The molecule has 10 heteroatoms. The van der Waals surface area contributed by atoms with Gasteiger partial charge in [-0.2, -0.15) is 5.10 Å². The zero-order valence-corrected chi connectivity index (χ0v) is 17.6. The fourth-order valence-corrected chi connectivity index (χ4v) is 4.26. The summed E-state index contributed by atoms with van der Waals surface area (Å²) >= 11 is 0. The van der Waals surface area contributed by atoms with Crippen LogP contribution in [-0.4, -0.2) is 30.2 Å². The van der Waals surface area contributed by atoms with Crippen molar-refractivity contribution >= 4 is 15.7 Å². The molecule has 0 aliphatic rings. The maximum Gasteiger partial charge on any atom is 0.273 e. The zero-order chi connectivity index (χ0) is 21.9. The number of nitrogens with zero attached hydrogens (tertiary/aromatic N) is 3. The van der Waals surface area contributed by atoms with Crippen LogP contribution >= 0.6 is 0 Å². The molecule has 1 N–H and O–H groups in total. The molecule has 2 aromatic carbocycles. The van der Waals surface area contributed by atoms with E-state index in [0.717, 1.165) is 34.6 Å². The summed E-state index contributed by atoms with van der Waals surface area (Å²) in [5, 5.41) is 15.3. The van der Waals surface area contributed by atoms with E-state index >= 15 is 0 Å². The Morgan fingerprint density at radius 1 is 1.13 bits per heavy atom. The van der Waals surface area contributed by atoms with Crippen LogP contribution in [0, 0.1) is 24.0 Å². The predicted molar refractivity (Wildman–Crippen MR) is 111 cm³/mol. The summed E-state index contributed by atoms with van der Waals surface area (Å²) in [4.78, 5) is 10.1. The van der Waals surface area contributed by atoms with Crippen LogP contribution in [0.3, 0.4) is 0 Å². The molecule has 0 fully saturated rings. The average Bonchev–Trinajstić information content (AvgIpc) is 3.02. The van der Waals surface area contributed by atoms with Crippen molar-refractivity contribution in [2.45, 2.75) is 31.8 Å². The van der Waals surface area contributed by atoms with Crippen molar-refractivity contribution in [3.63, 3.8) is 0 Å². The first-order chi connectivity index (χ1) is 14.2. The summed E-state index contributed by atoms with van der Waals surface area (Å²) in [6, 6.07) is 12.9. The number of nitro benzene ring substituents is 1. The monoisotopic (exact) mass is 430 g/mol. The summed E-state index contributed by atoms with van der Waals surface area (Å²) < 4.78 is 34.9. The Kier molecular flexibility index (Phi) is 6.18. The molecule has 0 spiro atoms. The number of nitrogens with one attached hydrogen (secondary N) is 1. The molecule has 1 heterocycles. The van der Waals surface area contributed by atoms with Crippen LogP contribution in [0.4, 0.5) is 5.69 Å². The number of ether oxygens (including phenoxy) is 1. The van der Waals surface area contributed by atoms with Crippen molar-refractivity contribution in [2.75, 3.05) is 7.11 Å². The molecule has 3 rings (SSSR count). The number of hydrogen-bond acceptors (Lipinski definition) is 6. The van der Waals surface area contributed by atoms with Crippen molar-refractivity contribution in [2.24, 2.45) is 0 Å². The van der Waals surface area contributed by atoms with Crippen LogP contribution in [0.2, 0.25) is 0 Å². The molecule has 1 aromatic heterocycles. The van der Waals surface area contributed by atoms with Crippen LogP contribution in [0.5, 0.6) is 5.75 Å². The molecular formula is C20H22N4O5S. The number of methoxy groups -OCH3 is 1. The first kappa shape index (κ1) is 21.5. The SMILES string of the molecule is COc1cc([N+](=O)[O-])ccc1S(=O)(=O)NCc1cccc(Cn2nc(C)cc2C)c1. The van der Waals surface area contributed by atoms with E-state index in [1.807, 2.05) is 48.9 Å². The van der Waals surface area contributed by atoms with E-state index in [9.17, 15) is 18.5 Å². The molecule has 0 saturated carbocycles. The van der Waals surface area contributed by atoms with Crippen molar-refractivity contribution in [3.8, 4) is 5.75 Å². The van der Waals surface area contributed by atoms with Gasteiger partial charge in [0.25, 0.3) is 5.69 Å². The second kappa shape index (κ2) is 8.64. The highest BCUT2D eigenvalue weighted by atomic mass is 32.2. The summed E-state index contributed by atoms with van der Waals surface area (Å²) in [6.45, 7) is 4.56. The van der Waals surface area contributed by atoms with Gasteiger partial charge in [0.15, 0.2) is 0 Å². The molecule has 0 saturated heterocycles. The summed E-state index contributed by atoms with van der Waals surface area (Å²) in [5.41, 5.74) is 3.50. The van der Waals surface area contributed by atoms with Gasteiger partial charge in [-0.1, -0.05) is 24.3 Å². The van der Waals surface area contributed by atoms with Gasteiger partial charge in [-0.15, -0.1) is 0 Å². The minimum Gasteiger partial charge on any atom is -0.495 e. The van der Waals surface area contributed by atoms with Gasteiger partial charge in [-0.3, -0.25) is 14.8 Å². The van der Waals surface area contributed by atoms with Crippen molar-refractivity contribution < 1.29 is 18.1 Å². The number of non-ortho nitro benzene ring substituents is 1. The molecule has 3 aromatic rings. The number of aromatic nitrogens is 2. The van der Waals surface area contributed by atoms with Gasteiger partial charge in [-0.05, 0) is 37.1 Å². The van der Waals surface area contributed by atoms with E-state index in [1.54, 1.807) is 0 Å². The van der Waals surface area contributed by atoms with Crippen molar-refractivity contribution in [3.05, 3.63) is 81.2 Å². The van der Waals surface area contributed by atoms with Gasteiger partial charge in [0.2, 0.25) is 10.0 Å². The van der Waals surface area contributed by atoms with E-state index in [2.05, 4.69) is 9.82 Å². The smallest absolute Gasteiger partial charge is 0.273 e. The zero-order valence-electron chi connectivity index (χ0n) is 16.8. The van der Waals surface area contributed by atoms with E-state index in [1.165, 1.54) is 13.2 Å². The van der Waals surface area contributed by atoms with Crippen LogP contribution in [0.25, 0.3) is 0 Å². The molecule has 0 amide bonds. The van der Waals surface area contributed by atoms with E-state index in [-0.39, 0.29) is 22.9 Å². The molecule has 0 bridgehead atoms. The molecule has 0 atom stereocenters. The maximum atomic E-state index is 12.7. The van der Waals surface area contributed by atoms with Crippen LogP contribution in [0.1, 0.15) is 22.5 Å². The van der Waals surface area contributed by atoms with Crippen LogP contribution in [0.15, 0.2) is 53.4 Å². The minimum absolute atomic E-state index is 0.0629. The minimum atomic E-state index is -3.93. The van der Waals surface area contributed by atoms with Crippen molar-refractivity contribution in [1.82, 2.24) is 14.5 Å². The summed E-state index contributed by atoms with van der Waals surface area (Å²) in [6.07, 6.45) is 0. The van der Waals surface area contributed by atoms with Gasteiger partial charge < -0.3 is 4.74 Å². The Morgan fingerprint density at radius 3 is 2.50 bits per heavy atom. The first-order valence-electron chi connectivity index (χ1n) is 9.10. The average molecular weight is 430 g/mol. The topological polar surface area (TPSA) is 116 Å². The Balaban J connectivity index is 1.76. The third-order valence-corrected chi connectivity index (χ3v) is 5.98. The highest BCUT2D eigenvalue weighted by Gasteiger charge is 2.22. The molecule has 30 heavy (non-hydrogen) atoms. The van der Waals surface area contributed by atoms with Crippen LogP contribution < -0.4 is 9.46 Å². The molecule has 9 nitrogen and oxygen atoms in total. The van der Waals surface area contributed by atoms with Gasteiger partial charge in [0, 0.05) is 18.3 Å². The summed E-state index contributed by atoms with van der Waals surface area (Å²) in [5.74, 6) is -0.0880. The van der Waals surface area contributed by atoms with Gasteiger partial charge in [0.1, 0.15) is 10.6 Å². The molecule has 0 aliphatic carbocycles. The molecule has 158 valence electrons. The Hall–Kier alpha value is -3.24. The highest BCUT2D eigenvalue weighted by Crippen LogP contribution is 2.28. The lowest BCUT2D eigenvalue weighted by Gasteiger charge is -2.11. The number of nitro groups is 1. The number of hydrogen-bond donors (Lipinski definition) is 1. The fraction of sp³-hybridized carbons (Fsp3) is 0.250. The molecule has 0 unspecified atom stereocenters. The van der Waals surface area contributed by atoms with Crippen molar-refractivity contribution in [1.29, 1.82) is 0 Å². The first-order valence-corrected chi connectivity index (χ1v) is 10.6. The van der Waals surface area contributed by atoms with Gasteiger partial charge >= 0.3 is 0 Å². The maximum absolute atomic E-state index is 12.7. The normalized spacial score (nSPS) is 11.4. The van der Waals surface area contributed by atoms with E-state index in [0.29, 0.717) is 6.54 Å². The summed E-state index contributed by atoms with van der Waals surface area (Å²) in [7, 11) is -2.67. The standard InChI is InChI=1S/C20H22N4O5S/c1-14-9-15(2)23(22-14)13-17-6-4-5-16(10-17)12-21-30(27,28)20-8-7-18(24(25)26)11-19(20)29-3/h4-11,21H,12-13H2,1-3H3. The Labute approximate surface area is 174 Å². The third-order valence-electron chi connectivity index (χ3n) is 4.54. The van der Waals surface area contributed by atoms with E-state index < -0.39 is 14.9 Å². The number of benzene rings is 2. The number of sulfonamides is 1. The Bertz CT molecular complexity index is 1190.